The van der Waals surface area contributed by atoms with E-state index in [9.17, 15) is 4.79 Å². The molecule has 0 saturated carbocycles. The molecule has 1 aromatic rings. The van der Waals surface area contributed by atoms with Gasteiger partial charge in [-0.25, -0.2) is 0 Å². The van der Waals surface area contributed by atoms with E-state index in [1.54, 1.807) is 29.2 Å². The number of piperazine rings is 1. The first kappa shape index (κ1) is 8.73. The van der Waals surface area contributed by atoms with E-state index in [-0.39, 0.29) is 17.7 Å². The van der Waals surface area contributed by atoms with Gasteiger partial charge in [-0.2, -0.15) is 0 Å². The topological polar surface area (TPSA) is 52.6 Å². The number of rotatable bonds is 1. The first-order valence-electron chi connectivity index (χ1n) is 5.10. The van der Waals surface area contributed by atoms with E-state index in [1.165, 1.54) is 0 Å². The second kappa shape index (κ2) is 2.97. The lowest BCUT2D eigenvalue weighted by Gasteiger charge is -2.47. The zero-order valence-electron chi connectivity index (χ0n) is 8.18. The van der Waals surface area contributed by atoms with Crippen LogP contribution >= 0.6 is 0 Å². The summed E-state index contributed by atoms with van der Waals surface area (Å²) in [6.07, 6.45) is 0.966. The molecule has 78 valence electrons. The highest BCUT2D eigenvalue weighted by Gasteiger charge is 2.43. The van der Waals surface area contributed by atoms with Gasteiger partial charge in [0.1, 0.15) is 5.75 Å². The van der Waals surface area contributed by atoms with Gasteiger partial charge in [0.15, 0.2) is 0 Å². The van der Waals surface area contributed by atoms with Crippen molar-refractivity contribution in [1.29, 1.82) is 0 Å². The number of fused-ring (bicyclic) bond motifs is 2. The number of amides is 1. The number of carbonyl (C=O) groups excluding carboxylic acids is 1. The third kappa shape index (κ3) is 1.29. The summed E-state index contributed by atoms with van der Waals surface area (Å²) in [7, 11) is 0. The van der Waals surface area contributed by atoms with Gasteiger partial charge in [-0.3, -0.25) is 4.79 Å². The SMILES string of the molecule is O=C1C2CC(CN1c1ccc(O)cc1)N2. The molecule has 3 fully saturated rings. The molecule has 2 atom stereocenters. The van der Waals surface area contributed by atoms with E-state index in [4.69, 9.17) is 5.11 Å². The van der Waals surface area contributed by atoms with Crippen LogP contribution in [0.3, 0.4) is 0 Å². The van der Waals surface area contributed by atoms with Crippen molar-refractivity contribution in [2.75, 3.05) is 11.4 Å². The van der Waals surface area contributed by atoms with Crippen molar-refractivity contribution in [1.82, 2.24) is 5.32 Å². The summed E-state index contributed by atoms with van der Waals surface area (Å²) in [6, 6.07) is 7.22. The Bertz CT molecular complexity index is 396. The standard InChI is InChI=1S/C11H12N2O2/c14-9-3-1-8(2-4-9)13-6-7-5-10(12-7)11(13)15/h1-4,7,10,12,14H,5-6H2. The number of aromatic hydroxyl groups is 1. The highest BCUT2D eigenvalue weighted by molar-refractivity contribution is 5.99. The molecule has 2 bridgehead atoms. The third-order valence-corrected chi connectivity index (χ3v) is 3.09. The van der Waals surface area contributed by atoms with Crippen LogP contribution in [0.2, 0.25) is 0 Å². The Labute approximate surface area is 87.5 Å². The molecule has 0 aliphatic carbocycles. The van der Waals surface area contributed by atoms with E-state index in [1.807, 2.05) is 0 Å². The maximum atomic E-state index is 11.8. The van der Waals surface area contributed by atoms with Gasteiger partial charge in [-0.1, -0.05) is 0 Å². The molecule has 2 unspecified atom stereocenters. The first-order valence-corrected chi connectivity index (χ1v) is 5.10. The van der Waals surface area contributed by atoms with E-state index in [2.05, 4.69) is 5.32 Å². The Morgan fingerprint density at radius 2 is 2.00 bits per heavy atom. The van der Waals surface area contributed by atoms with Crippen LogP contribution < -0.4 is 10.2 Å². The van der Waals surface area contributed by atoms with Crippen LogP contribution in [-0.2, 0) is 4.79 Å². The van der Waals surface area contributed by atoms with Crippen molar-refractivity contribution in [3.8, 4) is 5.75 Å². The molecule has 15 heavy (non-hydrogen) atoms. The molecule has 0 aromatic heterocycles. The number of carbonyl (C=O) groups is 1. The number of phenolic OH excluding ortho intramolecular Hbond substituents is 1. The molecule has 1 amide bonds. The van der Waals surface area contributed by atoms with Gasteiger partial charge in [-0.15, -0.1) is 0 Å². The average Bonchev–Trinajstić information content (AvgIpc) is 2.18. The summed E-state index contributed by atoms with van der Waals surface area (Å²) < 4.78 is 0. The average molecular weight is 204 g/mol. The largest absolute Gasteiger partial charge is 0.508 e. The van der Waals surface area contributed by atoms with E-state index >= 15 is 0 Å². The molecule has 3 saturated heterocycles. The van der Waals surface area contributed by atoms with Crippen LogP contribution in [0.1, 0.15) is 6.42 Å². The number of anilines is 1. The fraction of sp³-hybridized carbons (Fsp3) is 0.364. The third-order valence-electron chi connectivity index (χ3n) is 3.09. The summed E-state index contributed by atoms with van der Waals surface area (Å²) in [6.45, 7) is 0.736. The van der Waals surface area contributed by atoms with E-state index < -0.39 is 0 Å². The molecule has 3 aliphatic rings. The lowest BCUT2D eigenvalue weighted by Crippen LogP contribution is -2.70. The molecular formula is C11H12N2O2. The highest BCUT2D eigenvalue weighted by Crippen LogP contribution is 2.28. The molecule has 3 heterocycles. The molecular weight excluding hydrogens is 192 g/mol. The molecule has 3 aliphatic heterocycles. The van der Waals surface area contributed by atoms with Gasteiger partial charge in [0.05, 0.1) is 6.04 Å². The number of phenols is 1. The quantitative estimate of drug-likeness (QED) is 0.699. The van der Waals surface area contributed by atoms with Crippen molar-refractivity contribution >= 4 is 11.6 Å². The smallest absolute Gasteiger partial charge is 0.244 e. The fourth-order valence-electron chi connectivity index (χ4n) is 2.21. The van der Waals surface area contributed by atoms with Crippen molar-refractivity contribution in [3.05, 3.63) is 24.3 Å². The number of piperidine rings is 1. The summed E-state index contributed by atoms with van der Waals surface area (Å²) in [5.41, 5.74) is 0.869. The maximum Gasteiger partial charge on any atom is 0.244 e. The van der Waals surface area contributed by atoms with Crippen molar-refractivity contribution in [2.45, 2.75) is 18.5 Å². The maximum absolute atomic E-state index is 11.8. The zero-order valence-corrected chi connectivity index (χ0v) is 8.18. The summed E-state index contributed by atoms with van der Waals surface area (Å²) in [5.74, 6) is 0.370. The first-order chi connectivity index (χ1) is 7.24. The van der Waals surface area contributed by atoms with Crippen LogP contribution in [0.25, 0.3) is 0 Å². The van der Waals surface area contributed by atoms with Gasteiger partial charge in [0.25, 0.3) is 0 Å². The van der Waals surface area contributed by atoms with Gasteiger partial charge >= 0.3 is 0 Å². The van der Waals surface area contributed by atoms with Crippen molar-refractivity contribution in [2.24, 2.45) is 0 Å². The van der Waals surface area contributed by atoms with Crippen LogP contribution in [0.5, 0.6) is 5.75 Å². The van der Waals surface area contributed by atoms with Gasteiger partial charge in [0.2, 0.25) is 5.91 Å². The molecule has 2 N–H and O–H groups in total. The molecule has 1 aromatic carbocycles. The van der Waals surface area contributed by atoms with Gasteiger partial charge in [-0.05, 0) is 30.7 Å². The van der Waals surface area contributed by atoms with Crippen molar-refractivity contribution < 1.29 is 9.90 Å². The van der Waals surface area contributed by atoms with Gasteiger partial charge < -0.3 is 15.3 Å². The van der Waals surface area contributed by atoms with Crippen LogP contribution in [0.15, 0.2) is 24.3 Å². The van der Waals surface area contributed by atoms with Gasteiger partial charge in [0, 0.05) is 18.3 Å². The Morgan fingerprint density at radius 1 is 1.33 bits per heavy atom. The summed E-state index contributed by atoms with van der Waals surface area (Å²) >= 11 is 0. The predicted octanol–water partition coefficient (Wildman–Crippen LogP) is 0.469. The minimum absolute atomic E-state index is 0.0116. The second-order valence-corrected chi connectivity index (χ2v) is 4.12. The van der Waals surface area contributed by atoms with Crippen LogP contribution in [0.4, 0.5) is 5.69 Å². The van der Waals surface area contributed by atoms with Crippen LogP contribution in [0, 0.1) is 0 Å². The number of nitrogens with zero attached hydrogens (tertiary/aromatic N) is 1. The summed E-state index contributed by atoms with van der Waals surface area (Å²) in [5, 5.41) is 12.4. The van der Waals surface area contributed by atoms with E-state index in [0.717, 1.165) is 18.7 Å². The Balaban J connectivity index is 1.88. The molecule has 4 nitrogen and oxygen atoms in total. The molecule has 4 heteroatoms. The number of hydrogen-bond donors (Lipinski definition) is 2. The van der Waals surface area contributed by atoms with E-state index in [0.29, 0.717) is 6.04 Å². The zero-order chi connectivity index (χ0) is 10.4. The monoisotopic (exact) mass is 204 g/mol. The number of nitrogens with one attached hydrogen (secondary N) is 1. The fourth-order valence-corrected chi connectivity index (χ4v) is 2.21. The summed E-state index contributed by atoms with van der Waals surface area (Å²) in [4.78, 5) is 13.6. The Hall–Kier alpha value is -1.55. The number of benzene rings is 1. The lowest BCUT2D eigenvalue weighted by atomic mass is 9.90. The van der Waals surface area contributed by atoms with Crippen LogP contribution in [-0.4, -0.2) is 29.6 Å². The molecule has 0 radical (unpaired) electrons. The molecule has 0 spiro atoms. The normalized spacial score (nSPS) is 28.8. The predicted molar refractivity (Wildman–Crippen MR) is 55.8 cm³/mol. The van der Waals surface area contributed by atoms with Crippen molar-refractivity contribution in [3.63, 3.8) is 0 Å². The lowest BCUT2D eigenvalue weighted by molar-refractivity contribution is -0.125. The minimum atomic E-state index is 0.0116. The Morgan fingerprint density at radius 3 is 2.60 bits per heavy atom. The second-order valence-electron chi connectivity index (χ2n) is 4.12. The number of hydrogen-bond acceptors (Lipinski definition) is 3. The molecule has 4 rings (SSSR count). The minimum Gasteiger partial charge on any atom is -0.508 e. The Kier molecular flexibility index (Phi) is 1.73. The highest BCUT2D eigenvalue weighted by atomic mass is 16.3.